The molecule has 1 aromatic heterocycles. The number of imidazole rings is 1. The summed E-state index contributed by atoms with van der Waals surface area (Å²) in [7, 11) is 0. The molecule has 0 fully saturated rings. The van der Waals surface area contributed by atoms with Gasteiger partial charge >= 0.3 is 5.82 Å². The van der Waals surface area contributed by atoms with E-state index >= 15 is 0 Å². The molecule has 2 N–H and O–H groups in total. The SMILES string of the molecule is N#CCn1cc(C(O)=S)[n+](C([O-])=S)c1C(O)=S. The Kier molecular flexibility index (Phi) is 4.06. The van der Waals surface area contributed by atoms with Crippen LogP contribution in [-0.2, 0) is 6.54 Å². The van der Waals surface area contributed by atoms with Crippen LogP contribution in [0.4, 0.5) is 0 Å². The van der Waals surface area contributed by atoms with Crippen LogP contribution in [0.25, 0.3) is 0 Å². The van der Waals surface area contributed by atoms with Crippen LogP contribution >= 0.6 is 36.7 Å². The number of aliphatic hydroxyl groups is 2. The van der Waals surface area contributed by atoms with Crippen molar-refractivity contribution >= 4 is 51.9 Å². The standard InChI is InChI=1S/C8H5N3O3S3/c9-1-2-10-3-4(6(12)15)11(8(14)17)5(10)7(13)16/h3H,2H2,(H2-,12,13,14,15,16,17). The zero-order valence-electron chi connectivity index (χ0n) is 8.15. The molecule has 17 heavy (non-hydrogen) atoms. The fraction of sp³-hybridized carbons (Fsp3) is 0.125. The first-order valence-corrected chi connectivity index (χ1v) is 5.32. The maximum Gasteiger partial charge on any atom is 0.342 e. The normalized spacial score (nSPS) is 9.59. The lowest BCUT2D eigenvalue weighted by molar-refractivity contribution is -0.611. The molecule has 0 amide bonds. The van der Waals surface area contributed by atoms with Gasteiger partial charge < -0.3 is 15.3 Å². The summed E-state index contributed by atoms with van der Waals surface area (Å²) in [5.41, 5.74) is -0.0957. The Hall–Kier alpha value is -1.63. The lowest BCUT2D eigenvalue weighted by Crippen LogP contribution is -2.55. The first-order chi connectivity index (χ1) is 7.90. The summed E-state index contributed by atoms with van der Waals surface area (Å²) in [5.74, 6) is -0.159. The second-order valence-corrected chi connectivity index (χ2v) is 3.96. The van der Waals surface area contributed by atoms with Crippen LogP contribution in [0.5, 0.6) is 0 Å². The van der Waals surface area contributed by atoms with Crippen LogP contribution in [-0.4, -0.2) is 30.1 Å². The second kappa shape index (κ2) is 5.13. The van der Waals surface area contributed by atoms with Gasteiger partial charge in [-0.25, -0.2) is 4.57 Å². The van der Waals surface area contributed by atoms with E-state index in [-0.39, 0.29) is 18.1 Å². The van der Waals surface area contributed by atoms with E-state index in [9.17, 15) is 15.3 Å². The number of nitrogens with zero attached hydrogens (tertiary/aromatic N) is 3. The van der Waals surface area contributed by atoms with Gasteiger partial charge in [0, 0.05) is 0 Å². The number of rotatable bonds is 3. The summed E-state index contributed by atoms with van der Waals surface area (Å²) in [4.78, 5) is 0. The van der Waals surface area contributed by atoms with Crippen molar-refractivity contribution < 1.29 is 19.9 Å². The highest BCUT2D eigenvalue weighted by molar-refractivity contribution is 7.80. The van der Waals surface area contributed by atoms with Gasteiger partial charge in [-0.15, -0.1) is 0 Å². The summed E-state index contributed by atoms with van der Waals surface area (Å²) in [6, 6.07) is 1.81. The van der Waals surface area contributed by atoms with Crippen LogP contribution in [0.1, 0.15) is 11.5 Å². The van der Waals surface area contributed by atoms with E-state index in [1.165, 1.54) is 10.8 Å². The Morgan fingerprint density at radius 3 is 2.35 bits per heavy atom. The van der Waals surface area contributed by atoms with Gasteiger partial charge in [0.1, 0.15) is 17.4 Å². The van der Waals surface area contributed by atoms with Crippen LogP contribution in [0.2, 0.25) is 0 Å². The summed E-state index contributed by atoms with van der Waals surface area (Å²) in [5, 5.41) is 36.3. The second-order valence-electron chi connectivity index (χ2n) is 2.84. The molecule has 0 atom stereocenters. The summed E-state index contributed by atoms with van der Waals surface area (Å²) in [6.45, 7) is -0.179. The topological polar surface area (TPSA) is 96.1 Å². The summed E-state index contributed by atoms with van der Waals surface area (Å²) >= 11 is 13.5. The zero-order valence-corrected chi connectivity index (χ0v) is 10.6. The molecule has 1 heterocycles. The number of aromatic nitrogens is 2. The Balaban J connectivity index is 3.62. The van der Waals surface area contributed by atoms with Gasteiger partial charge in [-0.1, -0.05) is 0 Å². The van der Waals surface area contributed by atoms with Crippen molar-refractivity contribution in [2.45, 2.75) is 6.54 Å². The highest BCUT2D eigenvalue weighted by Crippen LogP contribution is 2.03. The van der Waals surface area contributed by atoms with Gasteiger partial charge in [0.25, 0.3) is 5.05 Å². The van der Waals surface area contributed by atoms with E-state index in [0.29, 0.717) is 0 Å². The van der Waals surface area contributed by atoms with E-state index in [0.717, 1.165) is 4.57 Å². The molecule has 0 saturated heterocycles. The van der Waals surface area contributed by atoms with E-state index in [4.69, 9.17) is 5.26 Å². The van der Waals surface area contributed by atoms with Crippen molar-refractivity contribution in [2.24, 2.45) is 0 Å². The fourth-order valence-electron chi connectivity index (χ4n) is 1.26. The van der Waals surface area contributed by atoms with Gasteiger partial charge in [-0.05, 0) is 36.7 Å². The van der Waals surface area contributed by atoms with Crippen molar-refractivity contribution in [1.82, 2.24) is 4.57 Å². The molecule has 0 saturated carbocycles. The van der Waals surface area contributed by atoms with E-state index < -0.39 is 15.3 Å². The van der Waals surface area contributed by atoms with Crippen LogP contribution < -0.4 is 9.67 Å². The third-order valence-corrected chi connectivity index (χ3v) is 2.41. The molecule has 0 aliphatic carbocycles. The van der Waals surface area contributed by atoms with Crippen molar-refractivity contribution in [3.8, 4) is 6.07 Å². The van der Waals surface area contributed by atoms with Crippen LogP contribution in [0.15, 0.2) is 6.20 Å². The highest BCUT2D eigenvalue weighted by Gasteiger charge is 2.29. The fourth-order valence-corrected chi connectivity index (χ4v) is 1.80. The Bertz CT molecular complexity index is 558. The van der Waals surface area contributed by atoms with Gasteiger partial charge in [-0.3, -0.25) is 0 Å². The molecular weight excluding hydrogens is 282 g/mol. The predicted octanol–water partition coefficient (Wildman–Crippen LogP) is -0.741. The molecule has 9 heteroatoms. The quantitative estimate of drug-likeness (QED) is 0.558. The third kappa shape index (κ3) is 2.55. The lowest BCUT2D eigenvalue weighted by atomic mass is 10.5. The minimum atomic E-state index is -0.903. The average molecular weight is 287 g/mol. The smallest absolute Gasteiger partial charge is 0.342 e. The molecule has 0 spiro atoms. The number of aliphatic hydroxyl groups excluding tert-OH is 2. The molecule has 0 unspecified atom stereocenters. The maximum absolute atomic E-state index is 11.3. The van der Waals surface area contributed by atoms with Crippen molar-refractivity contribution in [3.63, 3.8) is 0 Å². The maximum atomic E-state index is 11.3. The molecule has 0 radical (unpaired) electrons. The Labute approximate surface area is 112 Å². The minimum Gasteiger partial charge on any atom is -0.833 e. The lowest BCUT2D eigenvalue weighted by Gasteiger charge is -2.06. The van der Waals surface area contributed by atoms with Crippen LogP contribution in [0, 0.1) is 11.3 Å². The largest absolute Gasteiger partial charge is 0.833 e. The van der Waals surface area contributed by atoms with Gasteiger partial charge in [0.2, 0.25) is 10.7 Å². The van der Waals surface area contributed by atoms with E-state index in [2.05, 4.69) is 36.7 Å². The van der Waals surface area contributed by atoms with Gasteiger partial charge in [0.05, 0.1) is 0 Å². The molecular formula is C8H5N3O3S3. The molecule has 1 aromatic rings. The minimum absolute atomic E-state index is 0.0957. The average Bonchev–Trinajstić information content (AvgIpc) is 2.57. The number of nitriles is 1. The number of hydrogen-bond donors (Lipinski definition) is 2. The molecule has 0 aliphatic heterocycles. The molecule has 1 rings (SSSR count). The first kappa shape index (κ1) is 13.4. The molecule has 0 aromatic carbocycles. The van der Waals surface area contributed by atoms with Crippen molar-refractivity contribution in [2.75, 3.05) is 0 Å². The molecule has 88 valence electrons. The zero-order chi connectivity index (χ0) is 13.2. The molecule has 0 aliphatic rings. The van der Waals surface area contributed by atoms with Gasteiger partial charge in [-0.2, -0.15) is 9.83 Å². The van der Waals surface area contributed by atoms with E-state index in [1.807, 2.05) is 0 Å². The first-order valence-electron chi connectivity index (χ1n) is 4.10. The van der Waals surface area contributed by atoms with Crippen LogP contribution in [0.3, 0.4) is 0 Å². The molecule has 0 bridgehead atoms. The Morgan fingerprint density at radius 1 is 1.41 bits per heavy atom. The predicted molar refractivity (Wildman–Crippen MR) is 66.9 cm³/mol. The van der Waals surface area contributed by atoms with Gasteiger partial charge in [0.15, 0.2) is 6.54 Å². The Morgan fingerprint density at radius 2 is 2.00 bits per heavy atom. The van der Waals surface area contributed by atoms with Crippen molar-refractivity contribution in [3.05, 3.63) is 17.7 Å². The molecule has 6 nitrogen and oxygen atoms in total. The third-order valence-electron chi connectivity index (χ3n) is 1.84. The highest BCUT2D eigenvalue weighted by atomic mass is 32.1. The summed E-state index contributed by atoms with van der Waals surface area (Å²) in [6.07, 6.45) is 1.22. The monoisotopic (exact) mass is 287 g/mol. The summed E-state index contributed by atoms with van der Waals surface area (Å²) < 4.78 is 1.95. The van der Waals surface area contributed by atoms with E-state index in [1.54, 1.807) is 6.07 Å². The number of hydrogen-bond acceptors (Lipinski definition) is 5. The number of thiocarbonyl (C=S) groups is 3. The van der Waals surface area contributed by atoms with Crippen molar-refractivity contribution in [1.29, 1.82) is 5.26 Å².